The Kier molecular flexibility index (Phi) is 6.10. The molecule has 1 aromatic carbocycles. The summed E-state index contributed by atoms with van der Waals surface area (Å²) < 4.78 is 5.22. The summed E-state index contributed by atoms with van der Waals surface area (Å²) in [5, 5.41) is 12.1. The van der Waals surface area contributed by atoms with Gasteiger partial charge in [0.15, 0.2) is 6.61 Å². The van der Waals surface area contributed by atoms with Crippen molar-refractivity contribution in [2.45, 2.75) is 19.9 Å². The van der Waals surface area contributed by atoms with Crippen LogP contribution in [0.4, 0.5) is 0 Å². The van der Waals surface area contributed by atoms with Crippen LogP contribution in [-0.4, -0.2) is 29.6 Å². The maximum atomic E-state index is 11.6. The Morgan fingerprint density at radius 3 is 2.50 bits per heavy atom. The van der Waals surface area contributed by atoms with E-state index in [1.807, 2.05) is 0 Å². The molecule has 5 nitrogen and oxygen atoms in total. The van der Waals surface area contributed by atoms with Crippen LogP contribution >= 0.6 is 23.2 Å². The third kappa shape index (κ3) is 4.90. The second-order valence-electron chi connectivity index (χ2n) is 4.49. The van der Waals surface area contributed by atoms with E-state index < -0.39 is 17.9 Å². The predicted octanol–water partition coefficient (Wildman–Crippen LogP) is 2.60. The third-order valence-electron chi connectivity index (χ3n) is 2.50. The number of nitrogens with one attached hydrogen (secondary N) is 1. The average Bonchev–Trinajstić information content (AvgIpc) is 2.34. The van der Waals surface area contributed by atoms with Crippen LogP contribution in [0.25, 0.3) is 0 Å². The Labute approximate surface area is 126 Å². The summed E-state index contributed by atoms with van der Waals surface area (Å²) in [4.78, 5) is 22.6. The van der Waals surface area contributed by atoms with Gasteiger partial charge in [-0.15, -0.1) is 0 Å². The van der Waals surface area contributed by atoms with Gasteiger partial charge in [-0.1, -0.05) is 37.0 Å². The summed E-state index contributed by atoms with van der Waals surface area (Å²) in [5.74, 6) is -1.53. The minimum atomic E-state index is -1.09. The summed E-state index contributed by atoms with van der Waals surface area (Å²) in [6, 6.07) is 3.65. The number of aliphatic carboxylic acids is 1. The molecule has 0 saturated heterocycles. The Bertz CT molecular complexity index is 505. The number of amides is 1. The van der Waals surface area contributed by atoms with Crippen LogP contribution < -0.4 is 10.1 Å². The molecule has 20 heavy (non-hydrogen) atoms. The van der Waals surface area contributed by atoms with Crippen molar-refractivity contribution in [1.82, 2.24) is 5.32 Å². The first-order valence-corrected chi connectivity index (χ1v) is 6.67. The van der Waals surface area contributed by atoms with Gasteiger partial charge in [-0.05, 0) is 24.1 Å². The van der Waals surface area contributed by atoms with Crippen molar-refractivity contribution in [2.24, 2.45) is 5.92 Å². The summed E-state index contributed by atoms with van der Waals surface area (Å²) in [6.07, 6.45) is 0. The average molecular weight is 320 g/mol. The molecule has 0 aliphatic heterocycles. The monoisotopic (exact) mass is 319 g/mol. The molecule has 110 valence electrons. The maximum absolute atomic E-state index is 11.6. The molecule has 0 bridgehead atoms. The molecule has 7 heteroatoms. The van der Waals surface area contributed by atoms with Crippen LogP contribution in [0.1, 0.15) is 13.8 Å². The van der Waals surface area contributed by atoms with Gasteiger partial charge in [0.1, 0.15) is 11.8 Å². The second kappa shape index (κ2) is 7.36. The van der Waals surface area contributed by atoms with E-state index in [0.29, 0.717) is 10.8 Å². The number of hydrogen-bond acceptors (Lipinski definition) is 3. The highest BCUT2D eigenvalue weighted by molar-refractivity contribution is 6.35. The van der Waals surface area contributed by atoms with Crippen LogP contribution in [0.3, 0.4) is 0 Å². The number of hydrogen-bond donors (Lipinski definition) is 2. The molecule has 0 spiro atoms. The number of benzene rings is 1. The van der Waals surface area contributed by atoms with Crippen LogP contribution in [-0.2, 0) is 9.59 Å². The molecule has 1 atom stereocenters. The van der Waals surface area contributed by atoms with Gasteiger partial charge in [-0.25, -0.2) is 4.79 Å². The fourth-order valence-corrected chi connectivity index (χ4v) is 1.93. The van der Waals surface area contributed by atoms with Crippen molar-refractivity contribution in [3.8, 4) is 5.75 Å². The van der Waals surface area contributed by atoms with Gasteiger partial charge in [-0.2, -0.15) is 0 Å². The van der Waals surface area contributed by atoms with Gasteiger partial charge in [0.25, 0.3) is 5.91 Å². The molecule has 0 aromatic heterocycles. The van der Waals surface area contributed by atoms with Gasteiger partial charge in [0.2, 0.25) is 0 Å². The Morgan fingerprint density at radius 1 is 1.35 bits per heavy atom. The number of carboxylic acid groups (broad SMARTS) is 1. The van der Waals surface area contributed by atoms with Gasteiger partial charge in [0, 0.05) is 5.02 Å². The van der Waals surface area contributed by atoms with Gasteiger partial charge < -0.3 is 15.2 Å². The summed E-state index contributed by atoms with van der Waals surface area (Å²) in [5.41, 5.74) is 0. The minimum Gasteiger partial charge on any atom is -0.482 e. The lowest BCUT2D eigenvalue weighted by Crippen LogP contribution is -2.46. The highest BCUT2D eigenvalue weighted by atomic mass is 35.5. The smallest absolute Gasteiger partial charge is 0.326 e. The molecule has 0 radical (unpaired) electrons. The molecule has 1 aromatic rings. The largest absolute Gasteiger partial charge is 0.482 e. The molecule has 0 unspecified atom stereocenters. The van der Waals surface area contributed by atoms with Crippen LogP contribution in [0.2, 0.25) is 10.0 Å². The molecular weight excluding hydrogens is 305 g/mol. The normalized spacial score (nSPS) is 12.1. The van der Waals surface area contributed by atoms with E-state index in [2.05, 4.69) is 5.32 Å². The van der Waals surface area contributed by atoms with Crippen LogP contribution in [0, 0.1) is 5.92 Å². The van der Waals surface area contributed by atoms with Gasteiger partial charge >= 0.3 is 5.97 Å². The number of carboxylic acids is 1. The van der Waals surface area contributed by atoms with E-state index >= 15 is 0 Å². The van der Waals surface area contributed by atoms with Crippen molar-refractivity contribution in [2.75, 3.05) is 6.61 Å². The molecule has 1 amide bonds. The number of rotatable bonds is 6. The molecule has 2 N–H and O–H groups in total. The summed E-state index contributed by atoms with van der Waals surface area (Å²) in [7, 11) is 0. The minimum absolute atomic E-state index is 0.226. The van der Waals surface area contributed by atoms with E-state index in [0.717, 1.165) is 0 Å². The second-order valence-corrected chi connectivity index (χ2v) is 5.33. The van der Waals surface area contributed by atoms with E-state index in [1.54, 1.807) is 19.9 Å². The zero-order chi connectivity index (χ0) is 15.3. The molecular formula is C13H15Cl2NO4. The Hall–Kier alpha value is -1.46. The highest BCUT2D eigenvalue weighted by Gasteiger charge is 2.23. The van der Waals surface area contributed by atoms with Crippen molar-refractivity contribution in [1.29, 1.82) is 0 Å². The molecule has 1 rings (SSSR count). The van der Waals surface area contributed by atoms with Crippen LogP contribution in [0.5, 0.6) is 5.75 Å². The molecule has 0 heterocycles. The van der Waals surface area contributed by atoms with E-state index in [9.17, 15) is 9.59 Å². The molecule has 0 saturated carbocycles. The number of carbonyl (C=O) groups excluding carboxylic acids is 1. The predicted molar refractivity (Wildman–Crippen MR) is 76.4 cm³/mol. The summed E-state index contributed by atoms with van der Waals surface area (Å²) >= 11 is 11.6. The Morgan fingerprint density at radius 2 is 2.00 bits per heavy atom. The van der Waals surface area contributed by atoms with Gasteiger partial charge in [-0.3, -0.25) is 4.79 Å². The molecule has 0 fully saturated rings. The lowest BCUT2D eigenvalue weighted by atomic mass is 10.1. The first kappa shape index (κ1) is 16.6. The standard InChI is InChI=1S/C13H15Cl2NO4/c1-7(2)12(13(18)19)16-11(17)6-20-10-4-3-8(14)5-9(10)15/h3-5,7,12H,6H2,1-2H3,(H,16,17)(H,18,19)/t12-/m0/s1. The first-order valence-electron chi connectivity index (χ1n) is 5.91. The quantitative estimate of drug-likeness (QED) is 0.845. The fourth-order valence-electron chi connectivity index (χ4n) is 1.46. The lowest BCUT2D eigenvalue weighted by Gasteiger charge is -2.18. The SMILES string of the molecule is CC(C)[C@H](NC(=O)COc1ccc(Cl)cc1Cl)C(=O)O. The van der Waals surface area contributed by atoms with Crippen LogP contribution in [0.15, 0.2) is 18.2 Å². The number of ether oxygens (including phenoxy) is 1. The van der Waals surface area contributed by atoms with E-state index in [-0.39, 0.29) is 17.5 Å². The van der Waals surface area contributed by atoms with Crippen molar-refractivity contribution in [3.05, 3.63) is 28.2 Å². The van der Waals surface area contributed by atoms with E-state index in [4.69, 9.17) is 33.0 Å². The first-order chi connectivity index (χ1) is 9.31. The van der Waals surface area contributed by atoms with Crippen molar-refractivity contribution < 1.29 is 19.4 Å². The lowest BCUT2D eigenvalue weighted by molar-refractivity contribution is -0.143. The third-order valence-corrected chi connectivity index (χ3v) is 3.03. The Balaban J connectivity index is 2.57. The zero-order valence-corrected chi connectivity index (χ0v) is 12.5. The molecule has 0 aliphatic rings. The maximum Gasteiger partial charge on any atom is 0.326 e. The highest BCUT2D eigenvalue weighted by Crippen LogP contribution is 2.27. The topological polar surface area (TPSA) is 75.6 Å². The van der Waals surface area contributed by atoms with Crippen molar-refractivity contribution >= 4 is 35.1 Å². The zero-order valence-electron chi connectivity index (χ0n) is 11.0. The molecule has 0 aliphatic carbocycles. The number of carbonyl (C=O) groups is 2. The van der Waals surface area contributed by atoms with E-state index in [1.165, 1.54) is 12.1 Å². The summed E-state index contributed by atoms with van der Waals surface area (Å²) in [6.45, 7) is 3.09. The van der Waals surface area contributed by atoms with Gasteiger partial charge in [0.05, 0.1) is 5.02 Å². The number of halogens is 2. The fraction of sp³-hybridized carbons (Fsp3) is 0.385. The van der Waals surface area contributed by atoms with Crippen molar-refractivity contribution in [3.63, 3.8) is 0 Å².